The van der Waals surface area contributed by atoms with Crippen molar-refractivity contribution in [2.45, 2.75) is 132 Å². The van der Waals surface area contributed by atoms with Crippen LogP contribution in [0.1, 0.15) is 81.5 Å². The molecule has 0 saturated carbocycles. The monoisotopic (exact) mass is 1350 g/mol. The van der Waals surface area contributed by atoms with Crippen LogP contribution in [-0.4, -0.2) is 182 Å². The molecule has 15 N–H and O–H groups in total. The molecule has 88 heavy (non-hydrogen) atoms. The molecule has 2 aromatic carbocycles. The van der Waals surface area contributed by atoms with E-state index < -0.39 is 91.1 Å². The molecule has 3 aliphatic heterocycles. The van der Waals surface area contributed by atoms with E-state index in [4.69, 9.17) is 63.6 Å². The van der Waals surface area contributed by atoms with Crippen molar-refractivity contribution in [2.75, 3.05) is 50.0 Å². The molecule has 0 unspecified atom stereocenters. The Morgan fingerprint density at radius 3 is 2.20 bits per heavy atom. The van der Waals surface area contributed by atoms with Gasteiger partial charge in [0.25, 0.3) is 0 Å². The Morgan fingerprint density at radius 2 is 1.48 bits per heavy atom. The second kappa shape index (κ2) is 34.0. The minimum absolute atomic E-state index is 0.0164. The summed E-state index contributed by atoms with van der Waals surface area (Å²) in [6, 6.07) is 1.76. The van der Waals surface area contributed by atoms with Crippen LogP contribution in [0.3, 0.4) is 0 Å². The van der Waals surface area contributed by atoms with Crippen molar-refractivity contribution in [3.8, 4) is 0 Å². The molecule has 0 spiro atoms. The Bertz CT molecular complexity index is 3160. The van der Waals surface area contributed by atoms with Crippen molar-refractivity contribution in [3.05, 3.63) is 86.0 Å². The van der Waals surface area contributed by atoms with Gasteiger partial charge in [0.05, 0.1) is 51.6 Å². The number of H-pyrrole nitrogens is 2. The molecule has 3 fully saturated rings. The number of benzene rings is 2. The molecule has 7 rings (SSSR count). The highest BCUT2D eigenvalue weighted by atomic mass is 35.5. The summed E-state index contributed by atoms with van der Waals surface area (Å²) in [7, 11) is 2.64. The maximum Gasteiger partial charge on any atom is 0.315 e. The molecule has 5 heterocycles. The zero-order chi connectivity index (χ0) is 63.4. The molecule has 0 bridgehead atoms. The number of para-hydroxylation sites is 1. The van der Waals surface area contributed by atoms with Gasteiger partial charge in [-0.2, -0.15) is 11.8 Å². The van der Waals surface area contributed by atoms with Crippen LogP contribution in [0.15, 0.2) is 54.0 Å². The van der Waals surface area contributed by atoms with Crippen LogP contribution in [0.5, 0.6) is 0 Å². The van der Waals surface area contributed by atoms with E-state index in [9.17, 15) is 38.4 Å². The first-order valence-corrected chi connectivity index (χ1v) is 33.9. The lowest BCUT2D eigenvalue weighted by Crippen LogP contribution is -2.60. The Hall–Kier alpha value is -6.30. The summed E-state index contributed by atoms with van der Waals surface area (Å²) in [6.07, 6.45) is 7.56. The number of nitrogens with zero attached hydrogens (tertiary/aromatic N) is 4. The number of thioether (sulfide) groups is 1. The highest BCUT2D eigenvalue weighted by molar-refractivity contribution is 8.76. The largest absolute Gasteiger partial charge is 0.370 e. The van der Waals surface area contributed by atoms with E-state index in [1.54, 1.807) is 18.0 Å². The third-order valence-corrected chi connectivity index (χ3v) is 20.7. The number of hydrogen-bond donors (Lipinski definition) is 12. The quantitative estimate of drug-likeness (QED) is 0.0102. The first-order chi connectivity index (χ1) is 42.2. The Morgan fingerprint density at radius 1 is 0.773 bits per heavy atom. The number of hydrogen-bond acceptors (Lipinski definition) is 14. The molecule has 10 amide bonds. The SMILES string of the molecule is CCCC[C@H](NC(=O)CCCC[C@@H]1SC[C@@H]2NC(=O)N[C@@H]21)C(=O)N1CCSSCCN(CC(N)=O)C(=O)[C@H](Cc2c[nH]c3ccccc23)NC(=O)[C@H](CCCN=C(N)N)NC(=O)[C@@H](Cc2cc(Cl)c(Cl)c(Cl)c2Cl)NC(=O)[C@H](Cc2cnc[nH]2)NC(=O)C1. The second-order valence-electron chi connectivity index (χ2n) is 21.5. The summed E-state index contributed by atoms with van der Waals surface area (Å²) in [5, 5.41) is 20.6. The van der Waals surface area contributed by atoms with Gasteiger partial charge in [0.1, 0.15) is 30.2 Å². The van der Waals surface area contributed by atoms with Gasteiger partial charge in [-0.3, -0.25) is 43.3 Å². The normalized spacial score (nSPS) is 22.2. The van der Waals surface area contributed by atoms with Gasteiger partial charge in [0, 0.05) is 96.8 Å². The number of nitrogens with two attached hydrogens (primary N) is 3. The predicted octanol–water partition coefficient (Wildman–Crippen LogP) is 3.46. The number of amides is 10. The van der Waals surface area contributed by atoms with E-state index in [2.05, 4.69) is 57.2 Å². The highest BCUT2D eigenvalue weighted by Crippen LogP contribution is 2.39. The fourth-order valence-electron chi connectivity index (χ4n) is 10.5. The standard InChI is InChI=1S/C56H74Cl4N16O9S3/c1-2-3-10-37(68-44(78)14-7-6-13-42-49-41(28-86-42)73-56(85)74-49)53(83)76-17-19-88-87-18-16-75(26-43(61)77)54(84)40(22-31-24-66-35-11-5-4-9-33(31)35)72-50(80)36(12-8-15-65-55(62)63)70-51(81)38(21-30-20-34(57)47(59)48(60)46(30)58)71-52(82)39(69-45(79)27-76)23-32-25-64-29-67-32/h4-5,9,11,20,24-25,29,36-42,49,66H,2-3,6-8,10,12-19,21-23,26-28H2,1H3,(H2,61,77)(H,64,67)(H,68,78)(H,69,79)(H,70,81)(H,71,82)(H,72,80)(H4,62,63,65)(H2,73,74,85)/t36-,37-,38+,39-,40-,41-,42-,49-/m0/s1. The number of nitrogens with one attached hydrogen (secondary N) is 9. The number of aromatic amines is 2. The van der Waals surface area contributed by atoms with Gasteiger partial charge in [0.2, 0.25) is 47.3 Å². The third-order valence-electron chi connectivity index (χ3n) is 15.0. The summed E-state index contributed by atoms with van der Waals surface area (Å²) in [6.45, 7) is 0.838. The van der Waals surface area contributed by atoms with Gasteiger partial charge in [-0.1, -0.05) is 112 Å². The smallest absolute Gasteiger partial charge is 0.315 e. The second-order valence-corrected chi connectivity index (χ2v) is 27.0. The zero-order valence-electron chi connectivity index (χ0n) is 48.3. The summed E-state index contributed by atoms with van der Waals surface area (Å²) in [4.78, 5) is 144. The van der Waals surface area contributed by atoms with Crippen molar-refractivity contribution in [1.82, 2.24) is 62.0 Å². The van der Waals surface area contributed by atoms with Crippen molar-refractivity contribution < 1.29 is 43.2 Å². The molecule has 8 atom stereocenters. The molecule has 4 aromatic rings. The summed E-state index contributed by atoms with van der Waals surface area (Å²) >= 11 is 27.9. The van der Waals surface area contributed by atoms with Crippen LogP contribution in [0.25, 0.3) is 10.9 Å². The number of aromatic nitrogens is 3. The topological polar surface area (TPSA) is 379 Å². The van der Waals surface area contributed by atoms with Crippen LogP contribution >= 0.6 is 79.8 Å². The van der Waals surface area contributed by atoms with Crippen molar-refractivity contribution in [1.29, 1.82) is 0 Å². The van der Waals surface area contributed by atoms with Crippen LogP contribution < -0.4 is 54.4 Å². The molecule has 3 saturated heterocycles. The van der Waals surface area contributed by atoms with E-state index in [0.717, 1.165) is 23.1 Å². The number of fused-ring (bicyclic) bond motifs is 2. The van der Waals surface area contributed by atoms with E-state index >= 15 is 4.79 Å². The van der Waals surface area contributed by atoms with Crippen LogP contribution in [-0.2, 0) is 57.6 Å². The predicted molar refractivity (Wildman–Crippen MR) is 345 cm³/mol. The van der Waals surface area contributed by atoms with Gasteiger partial charge < -0.3 is 74.2 Å². The number of imidazole rings is 1. The lowest BCUT2D eigenvalue weighted by atomic mass is 10.0. The highest BCUT2D eigenvalue weighted by Gasteiger charge is 2.43. The van der Waals surface area contributed by atoms with E-state index in [1.807, 2.05) is 31.2 Å². The van der Waals surface area contributed by atoms with E-state index in [-0.39, 0.29) is 131 Å². The lowest BCUT2D eigenvalue weighted by Gasteiger charge is -2.30. The average Bonchev–Trinajstić information content (AvgIpc) is 2.41. The number of halogens is 4. The van der Waals surface area contributed by atoms with Gasteiger partial charge in [0.15, 0.2) is 5.96 Å². The fraction of sp³-hybridized carbons (Fsp3) is 0.518. The first-order valence-electron chi connectivity index (χ1n) is 28.9. The van der Waals surface area contributed by atoms with Crippen LogP contribution in [0.2, 0.25) is 20.1 Å². The maximum absolute atomic E-state index is 15.0. The average molecular weight is 1350 g/mol. The van der Waals surface area contributed by atoms with E-state index in [1.165, 1.54) is 50.0 Å². The third kappa shape index (κ3) is 20.1. The minimum Gasteiger partial charge on any atom is -0.370 e. The van der Waals surface area contributed by atoms with Gasteiger partial charge >= 0.3 is 6.03 Å². The minimum atomic E-state index is -1.61. The first kappa shape index (κ1) is 69.2. The maximum atomic E-state index is 15.0. The molecule has 0 aliphatic carbocycles. The Labute approximate surface area is 541 Å². The molecule has 32 heteroatoms. The molecular formula is C56H74Cl4N16O9S3. The summed E-state index contributed by atoms with van der Waals surface area (Å²) in [5.74, 6) is -4.74. The van der Waals surface area contributed by atoms with Crippen LogP contribution in [0, 0.1) is 0 Å². The molecule has 25 nitrogen and oxygen atoms in total. The van der Waals surface area contributed by atoms with Gasteiger partial charge in [-0.05, 0) is 55.4 Å². The lowest BCUT2D eigenvalue weighted by molar-refractivity contribution is -0.140. The van der Waals surface area contributed by atoms with E-state index in [0.29, 0.717) is 36.9 Å². The zero-order valence-corrected chi connectivity index (χ0v) is 53.8. The fourth-order valence-corrected chi connectivity index (χ4v) is 15.0. The summed E-state index contributed by atoms with van der Waals surface area (Å²) in [5.41, 5.74) is 19.0. The number of guanidine groups is 1. The number of unbranched alkanes of at least 4 members (excludes halogenated alkanes) is 2. The molecule has 3 aliphatic rings. The summed E-state index contributed by atoms with van der Waals surface area (Å²) < 4.78 is 0. The van der Waals surface area contributed by atoms with Crippen molar-refractivity contribution >= 4 is 150 Å². The molecular weight excluding hydrogens is 1280 g/mol. The van der Waals surface area contributed by atoms with Gasteiger partial charge in [-0.15, -0.1) is 0 Å². The molecule has 478 valence electrons. The van der Waals surface area contributed by atoms with Crippen molar-refractivity contribution in [3.63, 3.8) is 0 Å². The molecule has 2 aromatic heterocycles. The Balaban J connectivity index is 1.21. The number of carbonyl (C=O) groups is 9. The number of rotatable bonds is 22. The number of primary amides is 1. The van der Waals surface area contributed by atoms with Crippen LogP contribution in [0.4, 0.5) is 4.79 Å². The van der Waals surface area contributed by atoms with Gasteiger partial charge in [-0.25, -0.2) is 9.78 Å². The number of urea groups is 1. The number of aliphatic imine (C=N–C) groups is 1. The van der Waals surface area contributed by atoms with Crippen molar-refractivity contribution in [2.24, 2.45) is 22.2 Å². The number of carbonyl (C=O) groups excluding carboxylic acids is 9. The molecule has 0 radical (unpaired) electrons. The Kier molecular flexibility index (Phi) is 26.8.